The topological polar surface area (TPSA) is 144 Å². The summed E-state index contributed by atoms with van der Waals surface area (Å²) in [7, 11) is 1.67. The molecular weight excluding hydrogens is 518 g/mol. The largest absolute Gasteiger partial charge is 0.345 e. The summed E-state index contributed by atoms with van der Waals surface area (Å²) < 4.78 is 0. The molecule has 1 unspecified atom stereocenters. The molecule has 1 fully saturated rings. The average molecular weight is 542 g/mol. The van der Waals surface area contributed by atoms with E-state index in [9.17, 15) is 19.6 Å². The molecule has 10 nitrogen and oxygen atoms in total. The van der Waals surface area contributed by atoms with Crippen LogP contribution in [-0.2, 0) is 9.59 Å². The van der Waals surface area contributed by atoms with Gasteiger partial charge in [-0.25, -0.2) is 4.98 Å². The number of rotatable bonds is 5. The van der Waals surface area contributed by atoms with Crippen molar-refractivity contribution in [3.63, 3.8) is 0 Å². The summed E-state index contributed by atoms with van der Waals surface area (Å²) in [6.07, 6.45) is 3.98. The van der Waals surface area contributed by atoms with E-state index in [4.69, 9.17) is 11.6 Å². The molecule has 5 rings (SSSR count). The lowest BCUT2D eigenvalue weighted by atomic mass is 10.1. The van der Waals surface area contributed by atoms with Crippen molar-refractivity contribution in [1.29, 1.82) is 5.26 Å². The number of nitrogens with zero attached hydrogens (tertiary/aromatic N) is 4. The highest BCUT2D eigenvalue weighted by Gasteiger charge is 2.34. The van der Waals surface area contributed by atoms with Crippen molar-refractivity contribution < 1.29 is 9.59 Å². The first-order valence-corrected chi connectivity index (χ1v) is 12.3. The van der Waals surface area contributed by atoms with Crippen molar-refractivity contribution in [3.05, 3.63) is 100 Å². The Morgan fingerprint density at radius 1 is 1.05 bits per heavy atom. The number of carbonyl (C=O) groups is 2. The molecule has 0 spiro atoms. The molecule has 11 heteroatoms. The van der Waals surface area contributed by atoms with Gasteiger partial charge in [-0.3, -0.25) is 24.4 Å². The highest BCUT2D eigenvalue weighted by Crippen LogP contribution is 2.25. The standard InChI is InChI=1S/C23H19ClN6O3.C5H5N/c1-30-11-10-17(22(30)33)20(31)26-15-6-2-13(3-7-15)19-18(12-25)21(32)29-23(28-19)27-16-8-4-14(24)5-9-16;1-2-4-6-5-3-1/h2-9,17H,10-11H2,1H3,(H,26,31)(H2,27,28,29,32);1-5H. The number of aromatic amines is 1. The third-order valence-electron chi connectivity index (χ3n) is 5.87. The number of carbonyl (C=O) groups excluding carboxylic acids is 2. The Morgan fingerprint density at radius 2 is 1.72 bits per heavy atom. The summed E-state index contributed by atoms with van der Waals surface area (Å²) in [6.45, 7) is 0.549. The molecule has 2 aromatic heterocycles. The van der Waals surface area contributed by atoms with Gasteiger partial charge < -0.3 is 15.5 Å². The quantitative estimate of drug-likeness (QED) is 0.321. The van der Waals surface area contributed by atoms with Gasteiger partial charge in [-0.15, -0.1) is 0 Å². The molecule has 3 N–H and O–H groups in total. The van der Waals surface area contributed by atoms with Crippen molar-refractivity contribution >= 4 is 40.7 Å². The highest BCUT2D eigenvalue weighted by atomic mass is 35.5. The minimum Gasteiger partial charge on any atom is -0.345 e. The number of benzene rings is 2. The minimum atomic E-state index is -0.698. The van der Waals surface area contributed by atoms with Gasteiger partial charge in [-0.2, -0.15) is 5.26 Å². The van der Waals surface area contributed by atoms with Gasteiger partial charge >= 0.3 is 0 Å². The van der Waals surface area contributed by atoms with E-state index in [0.29, 0.717) is 34.9 Å². The monoisotopic (exact) mass is 541 g/mol. The number of nitrogens with one attached hydrogen (secondary N) is 3. The van der Waals surface area contributed by atoms with Crippen LogP contribution in [0.4, 0.5) is 17.3 Å². The summed E-state index contributed by atoms with van der Waals surface area (Å²) in [5, 5.41) is 15.8. The zero-order valence-electron chi connectivity index (χ0n) is 20.9. The van der Waals surface area contributed by atoms with Gasteiger partial charge in [0, 0.05) is 47.9 Å². The van der Waals surface area contributed by atoms with E-state index in [2.05, 4.69) is 25.6 Å². The number of likely N-dealkylation sites (tertiary alicyclic amines) is 1. The number of pyridine rings is 1. The number of H-pyrrole nitrogens is 1. The second-order valence-electron chi connectivity index (χ2n) is 8.57. The molecule has 0 aliphatic carbocycles. The lowest BCUT2D eigenvalue weighted by Crippen LogP contribution is -2.30. The minimum absolute atomic E-state index is 0.131. The Hall–Kier alpha value is -5.01. The zero-order chi connectivity index (χ0) is 27.8. The fraction of sp³-hybridized carbons (Fsp3) is 0.143. The maximum absolute atomic E-state index is 12.5. The van der Waals surface area contributed by atoms with Crippen LogP contribution < -0.4 is 16.2 Å². The molecule has 3 heterocycles. The van der Waals surface area contributed by atoms with Crippen LogP contribution in [-0.4, -0.2) is 45.3 Å². The van der Waals surface area contributed by atoms with Crippen molar-refractivity contribution in [3.8, 4) is 17.3 Å². The summed E-state index contributed by atoms with van der Waals surface area (Å²) >= 11 is 5.90. The van der Waals surface area contributed by atoms with Gasteiger partial charge in [0.25, 0.3) is 5.56 Å². The van der Waals surface area contributed by atoms with Crippen molar-refractivity contribution in [2.75, 3.05) is 24.2 Å². The first-order chi connectivity index (χ1) is 18.9. The summed E-state index contributed by atoms with van der Waals surface area (Å²) in [4.78, 5) is 49.2. The Morgan fingerprint density at radius 3 is 2.26 bits per heavy atom. The maximum atomic E-state index is 12.5. The first-order valence-electron chi connectivity index (χ1n) is 11.9. The predicted octanol–water partition coefficient (Wildman–Crippen LogP) is 4.20. The van der Waals surface area contributed by atoms with Crippen LogP contribution in [0.2, 0.25) is 5.02 Å². The molecule has 1 aliphatic rings. The fourth-order valence-electron chi connectivity index (χ4n) is 3.83. The zero-order valence-corrected chi connectivity index (χ0v) is 21.6. The number of anilines is 3. The second-order valence-corrected chi connectivity index (χ2v) is 9.01. The van der Waals surface area contributed by atoms with Crippen LogP contribution in [0.15, 0.2) is 83.9 Å². The van der Waals surface area contributed by atoms with Gasteiger partial charge in [-0.1, -0.05) is 29.8 Å². The summed E-state index contributed by atoms with van der Waals surface area (Å²) in [5.74, 6) is -1.09. The predicted molar refractivity (Wildman–Crippen MR) is 148 cm³/mol. The van der Waals surface area contributed by atoms with E-state index in [0.717, 1.165) is 0 Å². The van der Waals surface area contributed by atoms with Crippen molar-refractivity contribution in [2.24, 2.45) is 5.92 Å². The Kier molecular flexibility index (Phi) is 8.66. The van der Waals surface area contributed by atoms with Crippen LogP contribution in [0.1, 0.15) is 12.0 Å². The lowest BCUT2D eigenvalue weighted by molar-refractivity contribution is -0.134. The van der Waals surface area contributed by atoms with Crippen molar-refractivity contribution in [1.82, 2.24) is 19.9 Å². The summed E-state index contributed by atoms with van der Waals surface area (Å²) in [6, 6.07) is 21.0. The smallest absolute Gasteiger partial charge is 0.270 e. The molecule has 1 saturated heterocycles. The normalized spacial score (nSPS) is 14.1. The number of amides is 2. The van der Waals surface area contributed by atoms with E-state index in [1.54, 1.807) is 68.0 Å². The third-order valence-corrected chi connectivity index (χ3v) is 6.13. The Bertz CT molecular complexity index is 1520. The summed E-state index contributed by atoms with van der Waals surface area (Å²) in [5.41, 5.74) is 1.15. The Labute approximate surface area is 229 Å². The van der Waals surface area contributed by atoms with Crippen LogP contribution in [0.3, 0.4) is 0 Å². The molecule has 0 saturated carbocycles. The molecular formula is C28H24ClN7O3. The molecule has 0 radical (unpaired) electrons. The van der Waals surface area contributed by atoms with Crippen LogP contribution >= 0.6 is 11.6 Å². The Balaban J connectivity index is 0.000000519. The number of halogens is 1. The molecule has 2 aromatic carbocycles. The number of nitriles is 1. The third kappa shape index (κ3) is 6.85. The van der Waals surface area contributed by atoms with E-state index in [-0.39, 0.29) is 29.0 Å². The molecule has 39 heavy (non-hydrogen) atoms. The molecule has 4 aromatic rings. The van der Waals surface area contributed by atoms with Gasteiger partial charge in [0.1, 0.15) is 17.6 Å². The van der Waals surface area contributed by atoms with Crippen LogP contribution in [0.5, 0.6) is 0 Å². The lowest BCUT2D eigenvalue weighted by Gasteiger charge is -2.12. The molecule has 196 valence electrons. The van der Waals surface area contributed by atoms with Gasteiger partial charge in [-0.05, 0) is 55.0 Å². The molecule has 1 aliphatic heterocycles. The van der Waals surface area contributed by atoms with E-state index in [1.165, 1.54) is 4.90 Å². The number of aromatic nitrogens is 3. The molecule has 0 bridgehead atoms. The van der Waals surface area contributed by atoms with Crippen LogP contribution in [0.25, 0.3) is 11.3 Å². The SMILES string of the molecule is CN1CCC(C(=O)Nc2ccc(-c3nc(Nc4ccc(Cl)cc4)[nH]c(=O)c3C#N)cc2)C1=O.c1ccncc1. The molecule has 1 atom stereocenters. The van der Waals surface area contributed by atoms with E-state index < -0.39 is 11.5 Å². The highest BCUT2D eigenvalue weighted by molar-refractivity contribution is 6.30. The molecule has 2 amide bonds. The fourth-order valence-corrected chi connectivity index (χ4v) is 3.96. The van der Waals surface area contributed by atoms with Gasteiger partial charge in [0.05, 0.1) is 5.69 Å². The van der Waals surface area contributed by atoms with Gasteiger partial charge in [0.15, 0.2) is 0 Å². The van der Waals surface area contributed by atoms with Gasteiger partial charge in [0.2, 0.25) is 17.8 Å². The number of hydrogen-bond acceptors (Lipinski definition) is 7. The van der Waals surface area contributed by atoms with Crippen LogP contribution in [0, 0.1) is 17.2 Å². The van der Waals surface area contributed by atoms with Crippen molar-refractivity contribution in [2.45, 2.75) is 6.42 Å². The van der Waals surface area contributed by atoms with E-state index >= 15 is 0 Å². The second kappa shape index (κ2) is 12.5. The van der Waals surface area contributed by atoms with E-state index in [1.807, 2.05) is 24.3 Å². The average Bonchev–Trinajstić information content (AvgIpc) is 3.29. The maximum Gasteiger partial charge on any atom is 0.270 e. The number of hydrogen-bond donors (Lipinski definition) is 3. The first kappa shape index (κ1) is 27.0.